The topological polar surface area (TPSA) is 50.7 Å². The Morgan fingerprint density at radius 1 is 1.08 bits per heavy atom. The molecule has 0 bridgehead atoms. The van der Waals surface area contributed by atoms with E-state index in [1.54, 1.807) is 6.20 Å². The Hall–Kier alpha value is -1.98. The van der Waals surface area contributed by atoms with Crippen LogP contribution in [0.25, 0.3) is 10.8 Å². The zero-order valence-electron chi connectivity index (χ0n) is 13.3. The van der Waals surface area contributed by atoms with Gasteiger partial charge in [-0.05, 0) is 12.8 Å². The summed E-state index contributed by atoms with van der Waals surface area (Å²) in [5.41, 5.74) is 1.13. The van der Waals surface area contributed by atoms with E-state index in [0.717, 1.165) is 36.5 Å². The molecule has 128 valence electrons. The second-order valence-electron chi connectivity index (χ2n) is 6.18. The molecule has 3 aromatic rings. The zero-order chi connectivity index (χ0) is 17.4. The predicted molar refractivity (Wildman–Crippen MR) is 98.2 cm³/mol. The highest BCUT2D eigenvalue weighted by Gasteiger charge is 2.26. The van der Waals surface area contributed by atoms with Gasteiger partial charge in [0, 0.05) is 16.7 Å². The molecule has 1 fully saturated rings. The third kappa shape index (κ3) is 3.02. The molecule has 25 heavy (non-hydrogen) atoms. The number of nitrogens with one attached hydrogen (secondary N) is 1. The molecule has 1 N–H and O–H groups in total. The number of nitrogens with zero attached hydrogens (tertiary/aromatic N) is 3. The van der Waals surface area contributed by atoms with Crippen LogP contribution in [-0.4, -0.2) is 15.2 Å². The number of pyridine rings is 1. The predicted octanol–water partition coefficient (Wildman–Crippen LogP) is 5.87. The monoisotopic (exact) mass is 376 g/mol. The van der Waals surface area contributed by atoms with Crippen LogP contribution in [0.5, 0.6) is 0 Å². The number of anilines is 2. The summed E-state index contributed by atoms with van der Waals surface area (Å²) in [6.07, 6.45) is 5.81. The van der Waals surface area contributed by atoms with Gasteiger partial charge in [-0.1, -0.05) is 60.3 Å². The molecule has 1 aliphatic carbocycles. The largest absolute Gasteiger partial charge is 0.335 e. The van der Waals surface area contributed by atoms with Crippen molar-refractivity contribution in [2.24, 2.45) is 0 Å². The minimum absolute atomic E-state index is 0.130. The summed E-state index contributed by atoms with van der Waals surface area (Å²) >= 11 is 12.4. The molecule has 0 radical (unpaired) electrons. The van der Waals surface area contributed by atoms with E-state index in [9.17, 15) is 4.39 Å². The molecule has 2 heterocycles. The molecule has 2 aromatic heterocycles. The highest BCUT2D eigenvalue weighted by Crippen LogP contribution is 2.43. The van der Waals surface area contributed by atoms with Gasteiger partial charge in [0.25, 0.3) is 0 Å². The van der Waals surface area contributed by atoms with Gasteiger partial charge in [-0.15, -0.1) is 5.10 Å². The zero-order valence-corrected chi connectivity index (χ0v) is 14.8. The van der Waals surface area contributed by atoms with Crippen LogP contribution in [0, 0.1) is 5.95 Å². The lowest BCUT2D eigenvalue weighted by molar-refractivity contribution is 0.565. The second kappa shape index (κ2) is 6.73. The maximum atomic E-state index is 14.1. The van der Waals surface area contributed by atoms with Gasteiger partial charge < -0.3 is 5.32 Å². The Labute approximate surface area is 154 Å². The van der Waals surface area contributed by atoms with Gasteiger partial charge in [0.05, 0.1) is 22.6 Å². The summed E-state index contributed by atoms with van der Waals surface area (Å²) in [6.45, 7) is 0. The standard InChI is InChI=1S/C18H15Cl2FN4/c19-13-14(20)17(21)23-15(10-5-1-2-6-10)16(13)24-18-12-8-4-3-7-11(12)9-22-25-18/h3-4,7-10H,1-2,5-6H2,(H,24,25). The van der Waals surface area contributed by atoms with Crippen LogP contribution in [0.4, 0.5) is 15.9 Å². The fourth-order valence-corrected chi connectivity index (χ4v) is 3.73. The first-order valence-corrected chi connectivity index (χ1v) is 8.92. The molecule has 1 aromatic carbocycles. The lowest BCUT2D eigenvalue weighted by Gasteiger charge is -2.18. The molecule has 4 rings (SSSR count). The summed E-state index contributed by atoms with van der Waals surface area (Å²) in [5, 5.41) is 13.2. The van der Waals surface area contributed by atoms with Gasteiger partial charge in [0.15, 0.2) is 5.82 Å². The quantitative estimate of drug-likeness (QED) is 0.580. The first kappa shape index (κ1) is 16.5. The number of hydrogen-bond donors (Lipinski definition) is 1. The van der Waals surface area contributed by atoms with Crippen molar-refractivity contribution in [1.82, 2.24) is 15.2 Å². The summed E-state index contributed by atoms with van der Waals surface area (Å²) in [5.74, 6) is -0.0263. The van der Waals surface area contributed by atoms with E-state index in [4.69, 9.17) is 23.2 Å². The molecule has 1 saturated carbocycles. The summed E-state index contributed by atoms with van der Waals surface area (Å²) in [7, 11) is 0. The average molecular weight is 377 g/mol. The van der Waals surface area contributed by atoms with Gasteiger partial charge in [-0.2, -0.15) is 9.49 Å². The molecule has 0 aliphatic heterocycles. The van der Waals surface area contributed by atoms with Crippen LogP contribution in [-0.2, 0) is 0 Å². The number of benzene rings is 1. The molecule has 0 unspecified atom stereocenters. The molecular formula is C18H15Cl2FN4. The number of hydrogen-bond acceptors (Lipinski definition) is 4. The smallest absolute Gasteiger partial charge is 0.233 e. The molecular weight excluding hydrogens is 362 g/mol. The van der Waals surface area contributed by atoms with Crippen LogP contribution < -0.4 is 5.32 Å². The van der Waals surface area contributed by atoms with Gasteiger partial charge in [-0.25, -0.2) is 4.98 Å². The van der Waals surface area contributed by atoms with Crippen molar-refractivity contribution in [2.75, 3.05) is 5.32 Å². The second-order valence-corrected chi connectivity index (χ2v) is 6.93. The first-order chi connectivity index (χ1) is 12.1. The van der Waals surface area contributed by atoms with Crippen molar-refractivity contribution in [1.29, 1.82) is 0 Å². The van der Waals surface area contributed by atoms with Crippen molar-refractivity contribution in [2.45, 2.75) is 31.6 Å². The number of aromatic nitrogens is 3. The molecule has 0 saturated heterocycles. The fourth-order valence-electron chi connectivity index (χ4n) is 3.38. The molecule has 4 nitrogen and oxygen atoms in total. The van der Waals surface area contributed by atoms with Gasteiger partial charge in [-0.3, -0.25) is 0 Å². The lowest BCUT2D eigenvalue weighted by atomic mass is 10.0. The van der Waals surface area contributed by atoms with Gasteiger partial charge >= 0.3 is 0 Å². The van der Waals surface area contributed by atoms with Crippen molar-refractivity contribution >= 4 is 45.5 Å². The Morgan fingerprint density at radius 2 is 1.84 bits per heavy atom. The van der Waals surface area contributed by atoms with Crippen molar-refractivity contribution < 1.29 is 4.39 Å². The lowest BCUT2D eigenvalue weighted by Crippen LogP contribution is -2.08. The maximum absolute atomic E-state index is 14.1. The van der Waals surface area contributed by atoms with Crippen LogP contribution >= 0.6 is 23.2 Å². The molecule has 0 amide bonds. The Bertz CT molecular complexity index is 937. The van der Waals surface area contributed by atoms with E-state index in [1.807, 2.05) is 24.3 Å². The highest BCUT2D eigenvalue weighted by atomic mass is 35.5. The van der Waals surface area contributed by atoms with Crippen LogP contribution in [0.3, 0.4) is 0 Å². The number of fused-ring (bicyclic) bond motifs is 1. The minimum Gasteiger partial charge on any atom is -0.335 e. The SMILES string of the molecule is Fc1nc(C2CCCC2)c(Nc2nncc3ccccc23)c(Cl)c1Cl. The van der Waals surface area contributed by atoms with E-state index < -0.39 is 5.95 Å². The van der Waals surface area contributed by atoms with Crippen LogP contribution in [0.1, 0.15) is 37.3 Å². The summed E-state index contributed by atoms with van der Waals surface area (Å²) in [6, 6.07) is 7.74. The normalized spacial score (nSPS) is 15.0. The average Bonchev–Trinajstić information content (AvgIpc) is 3.16. The van der Waals surface area contributed by atoms with E-state index in [1.165, 1.54) is 0 Å². The highest BCUT2D eigenvalue weighted by molar-refractivity contribution is 6.43. The van der Waals surface area contributed by atoms with Crippen molar-refractivity contribution in [3.63, 3.8) is 0 Å². The maximum Gasteiger partial charge on any atom is 0.233 e. The summed E-state index contributed by atoms with van der Waals surface area (Å²) in [4.78, 5) is 4.10. The van der Waals surface area contributed by atoms with Gasteiger partial charge in [0.2, 0.25) is 5.95 Å². The van der Waals surface area contributed by atoms with E-state index in [-0.39, 0.29) is 16.0 Å². The Kier molecular flexibility index (Phi) is 4.44. The van der Waals surface area contributed by atoms with Crippen molar-refractivity contribution in [3.05, 3.63) is 52.1 Å². The van der Waals surface area contributed by atoms with E-state index in [2.05, 4.69) is 20.5 Å². The number of rotatable bonds is 3. The van der Waals surface area contributed by atoms with Crippen LogP contribution in [0.2, 0.25) is 10.0 Å². The third-order valence-corrected chi connectivity index (χ3v) is 5.44. The molecule has 0 atom stereocenters. The van der Waals surface area contributed by atoms with E-state index >= 15 is 0 Å². The Balaban J connectivity index is 1.85. The molecule has 0 spiro atoms. The van der Waals surface area contributed by atoms with Crippen LogP contribution in [0.15, 0.2) is 30.5 Å². The fraction of sp³-hybridized carbons (Fsp3) is 0.278. The van der Waals surface area contributed by atoms with Crippen molar-refractivity contribution in [3.8, 4) is 0 Å². The first-order valence-electron chi connectivity index (χ1n) is 8.17. The third-order valence-electron chi connectivity index (χ3n) is 4.62. The molecule has 1 aliphatic rings. The summed E-state index contributed by atoms with van der Waals surface area (Å²) < 4.78 is 14.1. The number of halogens is 3. The minimum atomic E-state index is -0.733. The molecule has 7 heteroatoms. The van der Waals surface area contributed by atoms with Gasteiger partial charge in [0.1, 0.15) is 5.02 Å². The Morgan fingerprint density at radius 3 is 2.64 bits per heavy atom. The van der Waals surface area contributed by atoms with E-state index in [0.29, 0.717) is 17.2 Å².